The fourth-order valence-electron chi connectivity index (χ4n) is 4.29. The van der Waals surface area contributed by atoms with Gasteiger partial charge in [0.2, 0.25) is 5.91 Å². The number of amides is 1. The summed E-state index contributed by atoms with van der Waals surface area (Å²) in [5.74, 6) is -2.06. The number of hydrogen-bond acceptors (Lipinski definition) is 4. The minimum Gasteiger partial charge on any atom is -0.550 e. The molecule has 1 saturated heterocycles. The molecule has 5 heteroatoms. The molecule has 2 atom stereocenters. The second-order valence-corrected chi connectivity index (χ2v) is 7.55. The topological polar surface area (TPSA) is 63.7 Å². The lowest BCUT2D eigenvalue weighted by atomic mass is 9.78. The van der Waals surface area contributed by atoms with Crippen LogP contribution >= 0.6 is 0 Å². The zero-order valence-electron chi connectivity index (χ0n) is 15.7. The van der Waals surface area contributed by atoms with Crippen molar-refractivity contribution >= 4 is 17.6 Å². The highest BCUT2D eigenvalue weighted by molar-refractivity contribution is 5.84. The van der Waals surface area contributed by atoms with Gasteiger partial charge in [-0.25, -0.2) is 0 Å². The number of carbonyl (C=O) groups excluding carboxylic acids is 2. The van der Waals surface area contributed by atoms with Gasteiger partial charge >= 0.3 is 0 Å². The van der Waals surface area contributed by atoms with E-state index in [2.05, 4.69) is 36.1 Å². The van der Waals surface area contributed by atoms with Crippen molar-refractivity contribution in [2.75, 3.05) is 31.1 Å². The molecule has 0 radical (unpaired) electrons. The smallest absolute Gasteiger partial charge is 0.226 e. The van der Waals surface area contributed by atoms with E-state index in [0.717, 1.165) is 38.8 Å². The van der Waals surface area contributed by atoms with E-state index in [4.69, 9.17) is 0 Å². The molecule has 0 unspecified atom stereocenters. The highest BCUT2D eigenvalue weighted by Gasteiger charge is 2.35. The van der Waals surface area contributed by atoms with E-state index < -0.39 is 17.8 Å². The van der Waals surface area contributed by atoms with Crippen LogP contribution in [0.3, 0.4) is 0 Å². The monoisotopic (exact) mass is 357 g/mol. The molecule has 1 aliphatic carbocycles. The fraction of sp³-hybridized carbons (Fsp3) is 0.619. The molecular formula is C21H29N2O3-. The van der Waals surface area contributed by atoms with Gasteiger partial charge in [0, 0.05) is 49.7 Å². The average Bonchev–Trinajstić information content (AvgIpc) is 2.68. The van der Waals surface area contributed by atoms with Crippen LogP contribution in [0.25, 0.3) is 0 Å². The lowest BCUT2D eigenvalue weighted by Crippen LogP contribution is -2.53. The number of aliphatic carboxylic acids is 1. The van der Waals surface area contributed by atoms with Crippen LogP contribution in [0.2, 0.25) is 0 Å². The zero-order chi connectivity index (χ0) is 18.5. The summed E-state index contributed by atoms with van der Waals surface area (Å²) in [5, 5.41) is 11.4. The SMILES string of the molecule is CCCc1ccc(N2CCN(C(=O)[C@H]3CCCC[C@H]3C(=O)[O-])CC2)cc1. The Morgan fingerprint density at radius 2 is 1.62 bits per heavy atom. The molecule has 3 rings (SSSR count). The molecule has 2 fully saturated rings. The predicted molar refractivity (Wildman–Crippen MR) is 99.7 cm³/mol. The molecular weight excluding hydrogens is 328 g/mol. The van der Waals surface area contributed by atoms with Crippen molar-refractivity contribution in [3.8, 4) is 0 Å². The Balaban J connectivity index is 1.57. The maximum absolute atomic E-state index is 12.8. The van der Waals surface area contributed by atoms with Crippen molar-refractivity contribution in [1.82, 2.24) is 4.90 Å². The molecule has 1 aliphatic heterocycles. The average molecular weight is 357 g/mol. The molecule has 26 heavy (non-hydrogen) atoms. The molecule has 0 aromatic heterocycles. The van der Waals surface area contributed by atoms with Crippen LogP contribution in [-0.4, -0.2) is 43.0 Å². The zero-order valence-corrected chi connectivity index (χ0v) is 15.7. The maximum Gasteiger partial charge on any atom is 0.226 e. The molecule has 5 nitrogen and oxygen atoms in total. The van der Waals surface area contributed by atoms with E-state index in [-0.39, 0.29) is 5.91 Å². The van der Waals surface area contributed by atoms with E-state index in [1.54, 1.807) is 0 Å². The molecule has 0 bridgehead atoms. The third kappa shape index (κ3) is 4.19. The van der Waals surface area contributed by atoms with Gasteiger partial charge in [-0.2, -0.15) is 0 Å². The van der Waals surface area contributed by atoms with Gasteiger partial charge in [-0.15, -0.1) is 0 Å². The number of anilines is 1. The summed E-state index contributed by atoms with van der Waals surface area (Å²) < 4.78 is 0. The third-order valence-corrected chi connectivity index (χ3v) is 5.82. The number of piperazine rings is 1. The van der Waals surface area contributed by atoms with E-state index in [1.165, 1.54) is 11.3 Å². The molecule has 1 aromatic rings. The highest BCUT2D eigenvalue weighted by Crippen LogP contribution is 2.31. The molecule has 1 amide bonds. The number of carboxylic acid groups (broad SMARTS) is 1. The van der Waals surface area contributed by atoms with E-state index >= 15 is 0 Å². The van der Waals surface area contributed by atoms with Crippen LogP contribution in [0, 0.1) is 11.8 Å². The Kier molecular flexibility index (Phi) is 6.17. The Morgan fingerprint density at radius 1 is 1.00 bits per heavy atom. The summed E-state index contributed by atoms with van der Waals surface area (Å²) in [6, 6.07) is 8.69. The first-order chi connectivity index (χ1) is 12.6. The van der Waals surface area contributed by atoms with E-state index in [1.807, 2.05) is 4.90 Å². The quantitative estimate of drug-likeness (QED) is 0.807. The van der Waals surface area contributed by atoms with Gasteiger partial charge in [0.1, 0.15) is 0 Å². The first-order valence-corrected chi connectivity index (χ1v) is 9.93. The lowest BCUT2D eigenvalue weighted by molar-refractivity contribution is -0.314. The fourth-order valence-corrected chi connectivity index (χ4v) is 4.29. The van der Waals surface area contributed by atoms with Gasteiger partial charge in [-0.05, 0) is 37.0 Å². The van der Waals surface area contributed by atoms with Crippen LogP contribution in [0.15, 0.2) is 24.3 Å². The molecule has 142 valence electrons. The first-order valence-electron chi connectivity index (χ1n) is 9.93. The van der Waals surface area contributed by atoms with Gasteiger partial charge < -0.3 is 19.7 Å². The number of rotatable bonds is 5. The summed E-state index contributed by atoms with van der Waals surface area (Å²) in [6.45, 7) is 5.09. The lowest BCUT2D eigenvalue weighted by Gasteiger charge is -2.40. The van der Waals surface area contributed by atoms with Gasteiger partial charge in [-0.3, -0.25) is 4.79 Å². The number of carboxylic acids is 1. The summed E-state index contributed by atoms with van der Waals surface area (Å²) in [6.07, 6.45) is 5.31. The molecule has 2 aliphatic rings. The van der Waals surface area contributed by atoms with Crippen LogP contribution in [0.1, 0.15) is 44.6 Å². The normalized spacial score (nSPS) is 23.7. The Bertz CT molecular complexity index is 621. The minimum atomic E-state index is -1.06. The number of carbonyl (C=O) groups is 2. The molecule has 1 saturated carbocycles. The second kappa shape index (κ2) is 8.56. The van der Waals surface area contributed by atoms with Gasteiger partial charge in [0.15, 0.2) is 0 Å². The Morgan fingerprint density at radius 3 is 2.19 bits per heavy atom. The predicted octanol–water partition coefficient (Wildman–Crippen LogP) is 1.84. The summed E-state index contributed by atoms with van der Waals surface area (Å²) >= 11 is 0. The van der Waals surface area contributed by atoms with Crippen LogP contribution in [-0.2, 0) is 16.0 Å². The van der Waals surface area contributed by atoms with Crippen molar-refractivity contribution in [2.24, 2.45) is 11.8 Å². The maximum atomic E-state index is 12.8. The Labute approximate surface area is 156 Å². The van der Waals surface area contributed by atoms with Crippen molar-refractivity contribution < 1.29 is 14.7 Å². The number of benzene rings is 1. The minimum absolute atomic E-state index is 0.0110. The summed E-state index contributed by atoms with van der Waals surface area (Å²) in [7, 11) is 0. The summed E-state index contributed by atoms with van der Waals surface area (Å²) in [4.78, 5) is 28.4. The molecule has 1 heterocycles. The van der Waals surface area contributed by atoms with E-state index in [9.17, 15) is 14.7 Å². The third-order valence-electron chi connectivity index (χ3n) is 5.82. The van der Waals surface area contributed by atoms with Crippen LogP contribution in [0.4, 0.5) is 5.69 Å². The molecule has 0 spiro atoms. The molecule has 0 N–H and O–H groups in total. The molecule has 1 aromatic carbocycles. The van der Waals surface area contributed by atoms with Gasteiger partial charge in [0.25, 0.3) is 0 Å². The van der Waals surface area contributed by atoms with Crippen LogP contribution in [0.5, 0.6) is 0 Å². The number of aryl methyl sites for hydroxylation is 1. The van der Waals surface area contributed by atoms with Crippen molar-refractivity contribution in [3.05, 3.63) is 29.8 Å². The van der Waals surface area contributed by atoms with Crippen molar-refractivity contribution in [3.63, 3.8) is 0 Å². The van der Waals surface area contributed by atoms with Crippen molar-refractivity contribution in [2.45, 2.75) is 45.4 Å². The van der Waals surface area contributed by atoms with Crippen molar-refractivity contribution in [1.29, 1.82) is 0 Å². The Hall–Kier alpha value is -2.04. The number of nitrogens with zero attached hydrogens (tertiary/aromatic N) is 2. The first kappa shape index (κ1) is 18.7. The second-order valence-electron chi connectivity index (χ2n) is 7.55. The van der Waals surface area contributed by atoms with Crippen LogP contribution < -0.4 is 10.0 Å². The van der Waals surface area contributed by atoms with Gasteiger partial charge in [0.05, 0.1) is 0 Å². The highest BCUT2D eigenvalue weighted by atomic mass is 16.4. The number of hydrogen-bond donors (Lipinski definition) is 0. The largest absolute Gasteiger partial charge is 0.550 e. The standard InChI is InChI=1S/C21H30N2O3/c1-2-5-16-8-10-17(11-9-16)22-12-14-23(15-13-22)20(24)18-6-3-4-7-19(18)21(25)26/h8-11,18-19H,2-7,12-15H2,1H3,(H,25,26)/p-1/t18-,19+/m0/s1. The summed E-state index contributed by atoms with van der Waals surface area (Å²) in [5.41, 5.74) is 2.55. The van der Waals surface area contributed by atoms with E-state index in [0.29, 0.717) is 25.9 Å². The van der Waals surface area contributed by atoms with Gasteiger partial charge in [-0.1, -0.05) is 38.3 Å².